The minimum atomic E-state index is -0.360. The van der Waals surface area contributed by atoms with Crippen LogP contribution in [0.4, 0.5) is 0 Å². The quantitative estimate of drug-likeness (QED) is 0.776. The van der Waals surface area contributed by atoms with Crippen molar-refractivity contribution in [1.29, 1.82) is 0 Å². The van der Waals surface area contributed by atoms with Crippen LogP contribution >= 0.6 is 0 Å². The first-order valence-corrected chi connectivity index (χ1v) is 6.04. The van der Waals surface area contributed by atoms with Crippen molar-refractivity contribution in [3.05, 3.63) is 11.4 Å². The van der Waals surface area contributed by atoms with Gasteiger partial charge < -0.3 is 4.74 Å². The van der Waals surface area contributed by atoms with Crippen molar-refractivity contribution >= 4 is 17.0 Å². The van der Waals surface area contributed by atoms with Crippen molar-refractivity contribution in [2.24, 2.45) is 14.1 Å². The zero-order chi connectivity index (χ0) is 13.4. The van der Waals surface area contributed by atoms with Gasteiger partial charge >= 0.3 is 5.97 Å². The van der Waals surface area contributed by atoms with Crippen LogP contribution < -0.4 is 0 Å². The van der Waals surface area contributed by atoms with E-state index in [2.05, 4.69) is 24.0 Å². The first kappa shape index (κ1) is 12.6. The fourth-order valence-corrected chi connectivity index (χ4v) is 2.07. The van der Waals surface area contributed by atoms with Crippen molar-refractivity contribution in [2.75, 3.05) is 6.61 Å². The van der Waals surface area contributed by atoms with Crippen molar-refractivity contribution in [3.8, 4) is 0 Å². The molecule has 0 unspecified atom stereocenters. The van der Waals surface area contributed by atoms with Crippen LogP contribution in [-0.2, 0) is 18.8 Å². The van der Waals surface area contributed by atoms with Gasteiger partial charge in [-0.25, -0.2) is 4.79 Å². The Hall–Kier alpha value is -1.85. The van der Waals surface area contributed by atoms with Crippen LogP contribution in [0.3, 0.4) is 0 Å². The lowest BCUT2D eigenvalue weighted by molar-refractivity contribution is 0.0515. The first-order chi connectivity index (χ1) is 8.47. The van der Waals surface area contributed by atoms with Gasteiger partial charge in [0, 0.05) is 14.1 Å². The molecule has 0 N–H and O–H groups in total. The molecule has 0 bridgehead atoms. The number of esters is 1. The van der Waals surface area contributed by atoms with E-state index in [0.29, 0.717) is 12.3 Å². The molecular weight excluding hydrogens is 232 g/mol. The summed E-state index contributed by atoms with van der Waals surface area (Å²) < 4.78 is 8.32. The molecule has 0 aromatic carbocycles. The minimum Gasteiger partial charge on any atom is -0.461 e. The highest BCUT2D eigenvalue weighted by molar-refractivity contribution is 6.01. The van der Waals surface area contributed by atoms with Crippen LogP contribution in [0.25, 0.3) is 11.0 Å². The Balaban J connectivity index is 2.68. The molecule has 0 radical (unpaired) electrons. The summed E-state index contributed by atoms with van der Waals surface area (Å²) in [7, 11) is 3.56. The SMILES string of the molecule is CCOC(=O)c1c2c(nn1C)c(C(C)C)nn2C. The predicted octanol–water partition coefficient (Wildman–Crippen LogP) is 1.61. The Bertz CT molecular complexity index is 595. The molecule has 2 aromatic heterocycles. The zero-order valence-corrected chi connectivity index (χ0v) is 11.4. The fourth-order valence-electron chi connectivity index (χ4n) is 2.07. The molecule has 0 amide bonds. The fraction of sp³-hybridized carbons (Fsp3) is 0.583. The van der Waals surface area contributed by atoms with Gasteiger partial charge in [-0.1, -0.05) is 13.8 Å². The second-order valence-electron chi connectivity index (χ2n) is 4.55. The third-order valence-corrected chi connectivity index (χ3v) is 2.86. The summed E-state index contributed by atoms with van der Waals surface area (Å²) in [5, 5.41) is 8.82. The molecule has 98 valence electrons. The van der Waals surface area contributed by atoms with Gasteiger partial charge in [-0.3, -0.25) is 9.36 Å². The van der Waals surface area contributed by atoms with Crippen molar-refractivity contribution < 1.29 is 9.53 Å². The second-order valence-corrected chi connectivity index (χ2v) is 4.55. The topological polar surface area (TPSA) is 61.9 Å². The lowest BCUT2D eigenvalue weighted by atomic mass is 10.1. The molecule has 6 heteroatoms. The standard InChI is InChI=1S/C12H18N4O2/c1-6-18-12(17)11-10-9(14-16(11)5)8(7(2)3)13-15(10)4/h7H,6H2,1-5H3. The Kier molecular flexibility index (Phi) is 3.11. The summed E-state index contributed by atoms with van der Waals surface area (Å²) in [6, 6.07) is 0. The molecule has 0 saturated heterocycles. The van der Waals surface area contributed by atoms with E-state index in [1.54, 1.807) is 23.3 Å². The third kappa shape index (κ3) is 1.77. The van der Waals surface area contributed by atoms with E-state index in [0.717, 1.165) is 16.7 Å². The highest BCUT2D eigenvalue weighted by Gasteiger charge is 2.24. The third-order valence-electron chi connectivity index (χ3n) is 2.86. The normalized spacial score (nSPS) is 11.4. The number of carbonyl (C=O) groups is 1. The first-order valence-electron chi connectivity index (χ1n) is 6.04. The Morgan fingerprint density at radius 1 is 1.28 bits per heavy atom. The van der Waals surface area contributed by atoms with E-state index < -0.39 is 0 Å². The Morgan fingerprint density at radius 2 is 1.94 bits per heavy atom. The number of nitrogens with zero attached hydrogens (tertiary/aromatic N) is 4. The van der Waals surface area contributed by atoms with Crippen LogP contribution in [-0.4, -0.2) is 32.1 Å². The highest BCUT2D eigenvalue weighted by Crippen LogP contribution is 2.26. The lowest BCUT2D eigenvalue weighted by Gasteiger charge is -2.03. The number of rotatable bonds is 3. The maximum absolute atomic E-state index is 11.9. The zero-order valence-electron chi connectivity index (χ0n) is 11.4. The van der Waals surface area contributed by atoms with E-state index >= 15 is 0 Å². The van der Waals surface area contributed by atoms with Gasteiger partial charge in [-0.2, -0.15) is 10.2 Å². The molecular formula is C12H18N4O2. The molecule has 0 fully saturated rings. The van der Waals surface area contributed by atoms with Gasteiger partial charge in [0.25, 0.3) is 0 Å². The van der Waals surface area contributed by atoms with Gasteiger partial charge in [-0.05, 0) is 12.8 Å². The van der Waals surface area contributed by atoms with Crippen molar-refractivity contribution in [3.63, 3.8) is 0 Å². The molecule has 0 saturated carbocycles. The Labute approximate surface area is 106 Å². The number of ether oxygens (including phenoxy) is 1. The van der Waals surface area contributed by atoms with E-state index in [1.807, 2.05) is 7.05 Å². The smallest absolute Gasteiger partial charge is 0.358 e. The molecule has 0 aliphatic carbocycles. The molecule has 0 aliphatic rings. The number of hydrogen-bond acceptors (Lipinski definition) is 4. The van der Waals surface area contributed by atoms with E-state index in [-0.39, 0.29) is 11.9 Å². The van der Waals surface area contributed by atoms with Gasteiger partial charge in [-0.15, -0.1) is 0 Å². The van der Waals surface area contributed by atoms with Crippen LogP contribution in [0.1, 0.15) is 42.9 Å². The largest absolute Gasteiger partial charge is 0.461 e. The predicted molar refractivity (Wildman–Crippen MR) is 67.5 cm³/mol. The number of aryl methyl sites for hydroxylation is 2. The maximum Gasteiger partial charge on any atom is 0.358 e. The molecule has 2 rings (SSSR count). The molecule has 6 nitrogen and oxygen atoms in total. The summed E-state index contributed by atoms with van der Waals surface area (Å²) in [6.07, 6.45) is 0. The van der Waals surface area contributed by atoms with Gasteiger partial charge in [0.2, 0.25) is 0 Å². The van der Waals surface area contributed by atoms with Crippen LogP contribution in [0.15, 0.2) is 0 Å². The number of aromatic nitrogens is 4. The van der Waals surface area contributed by atoms with Gasteiger partial charge in [0.15, 0.2) is 5.69 Å². The van der Waals surface area contributed by atoms with Crippen LogP contribution in [0.2, 0.25) is 0 Å². The summed E-state index contributed by atoms with van der Waals surface area (Å²) >= 11 is 0. The number of fused-ring (bicyclic) bond motifs is 1. The molecule has 2 aromatic rings. The average molecular weight is 250 g/mol. The summed E-state index contributed by atoms with van der Waals surface area (Å²) in [5.41, 5.74) is 2.87. The molecule has 0 spiro atoms. The highest BCUT2D eigenvalue weighted by atomic mass is 16.5. The minimum absolute atomic E-state index is 0.263. The summed E-state index contributed by atoms with van der Waals surface area (Å²) in [5.74, 6) is -0.0977. The van der Waals surface area contributed by atoms with Crippen LogP contribution in [0, 0.1) is 0 Å². The number of carbonyl (C=O) groups excluding carboxylic acids is 1. The molecule has 18 heavy (non-hydrogen) atoms. The molecule has 2 heterocycles. The van der Waals surface area contributed by atoms with E-state index in [9.17, 15) is 4.79 Å². The van der Waals surface area contributed by atoms with Crippen molar-refractivity contribution in [2.45, 2.75) is 26.7 Å². The van der Waals surface area contributed by atoms with E-state index in [1.165, 1.54) is 0 Å². The Morgan fingerprint density at radius 3 is 2.50 bits per heavy atom. The van der Waals surface area contributed by atoms with E-state index in [4.69, 9.17) is 4.74 Å². The summed E-state index contributed by atoms with van der Waals surface area (Å²) in [6.45, 7) is 6.25. The maximum atomic E-state index is 11.9. The van der Waals surface area contributed by atoms with Crippen molar-refractivity contribution in [1.82, 2.24) is 19.6 Å². The second kappa shape index (κ2) is 4.44. The monoisotopic (exact) mass is 250 g/mol. The van der Waals surface area contributed by atoms with Crippen LogP contribution in [0.5, 0.6) is 0 Å². The summed E-state index contributed by atoms with van der Waals surface area (Å²) in [4.78, 5) is 11.9. The molecule has 0 aliphatic heterocycles. The van der Waals surface area contributed by atoms with Gasteiger partial charge in [0.1, 0.15) is 11.0 Å². The lowest BCUT2D eigenvalue weighted by Crippen LogP contribution is -2.12. The number of hydrogen-bond donors (Lipinski definition) is 0. The molecule has 0 atom stereocenters. The van der Waals surface area contributed by atoms with Gasteiger partial charge in [0.05, 0.1) is 12.3 Å². The average Bonchev–Trinajstić information content (AvgIpc) is 2.76.